The van der Waals surface area contributed by atoms with Gasteiger partial charge in [0, 0.05) is 13.6 Å². The molecule has 24 heavy (non-hydrogen) atoms. The first-order chi connectivity index (χ1) is 11.5. The van der Waals surface area contributed by atoms with Gasteiger partial charge in [-0.25, -0.2) is 9.37 Å². The Morgan fingerprint density at radius 2 is 2.12 bits per heavy atom. The lowest BCUT2D eigenvalue weighted by Crippen LogP contribution is -2.30. The summed E-state index contributed by atoms with van der Waals surface area (Å²) in [6.45, 7) is 8.66. The van der Waals surface area contributed by atoms with Crippen LogP contribution in [0.15, 0.2) is 40.8 Å². The third-order valence-corrected chi connectivity index (χ3v) is 3.80. The van der Waals surface area contributed by atoms with Crippen molar-refractivity contribution < 1.29 is 4.39 Å². The largest absolute Gasteiger partial charge is 0.338 e. The molecule has 0 aliphatic heterocycles. The Morgan fingerprint density at radius 1 is 1.38 bits per heavy atom. The molecule has 0 aliphatic rings. The Hall–Kier alpha value is -2.27. The number of hydrogen-bond acceptors (Lipinski definition) is 3. The van der Waals surface area contributed by atoms with Gasteiger partial charge in [-0.2, -0.15) is 0 Å². The lowest BCUT2D eigenvalue weighted by Gasteiger charge is -2.14. The predicted molar refractivity (Wildman–Crippen MR) is 101 cm³/mol. The molecular weight excluding hydrogens is 327 g/mol. The number of aliphatic imine (C=N–C) groups is 2. The molecule has 0 bridgehead atoms. The molecule has 0 amide bonds. The van der Waals surface area contributed by atoms with Gasteiger partial charge in [-0.15, -0.1) is 0 Å². The maximum absolute atomic E-state index is 13.9. The first-order valence-corrected chi connectivity index (χ1v) is 8.11. The van der Waals surface area contributed by atoms with E-state index in [2.05, 4.69) is 26.9 Å². The fourth-order valence-electron chi connectivity index (χ4n) is 2.38. The molecule has 0 saturated heterocycles. The lowest BCUT2D eigenvalue weighted by atomic mass is 10.1. The van der Waals surface area contributed by atoms with Crippen molar-refractivity contribution in [1.29, 1.82) is 0 Å². The Kier molecular flexibility index (Phi) is 6.04. The van der Waals surface area contributed by atoms with Gasteiger partial charge in [0.15, 0.2) is 0 Å². The molecule has 0 fully saturated rings. The number of fused-ring (bicyclic) bond motifs is 1. The number of nitrogens with one attached hydrogen (secondary N) is 1. The second-order valence-electron chi connectivity index (χ2n) is 5.09. The summed E-state index contributed by atoms with van der Waals surface area (Å²) in [5, 5.41) is 4.22. The van der Waals surface area contributed by atoms with Crippen LogP contribution in [0.4, 0.5) is 4.39 Å². The molecule has 1 aromatic carbocycles. The van der Waals surface area contributed by atoms with E-state index in [4.69, 9.17) is 11.6 Å². The number of rotatable bonds is 5. The minimum absolute atomic E-state index is 0.108. The van der Waals surface area contributed by atoms with Crippen LogP contribution in [0.2, 0.25) is 5.15 Å². The molecule has 1 aromatic heterocycles. The molecule has 126 valence electrons. The number of aromatic nitrogens is 1. The Balaban J connectivity index is 2.37. The monoisotopic (exact) mass is 346 g/mol. The van der Waals surface area contributed by atoms with Gasteiger partial charge in [-0.1, -0.05) is 37.2 Å². The molecule has 0 atom stereocenters. The molecule has 1 heterocycles. The highest BCUT2D eigenvalue weighted by molar-refractivity contribution is 6.42. The lowest BCUT2D eigenvalue weighted by molar-refractivity contribution is 0.639. The van der Waals surface area contributed by atoms with Gasteiger partial charge in [0.05, 0.1) is 22.5 Å². The van der Waals surface area contributed by atoms with Crippen LogP contribution in [0.3, 0.4) is 0 Å². The van der Waals surface area contributed by atoms with Crippen LogP contribution in [0.1, 0.15) is 26.0 Å². The van der Waals surface area contributed by atoms with Crippen LogP contribution >= 0.6 is 11.6 Å². The van der Waals surface area contributed by atoms with Gasteiger partial charge in [-0.3, -0.25) is 9.98 Å². The van der Waals surface area contributed by atoms with E-state index in [-0.39, 0.29) is 5.15 Å². The number of amidine groups is 1. The molecule has 0 aliphatic carbocycles. The van der Waals surface area contributed by atoms with Crippen molar-refractivity contribution >= 4 is 39.6 Å². The minimum atomic E-state index is -0.394. The van der Waals surface area contributed by atoms with E-state index < -0.39 is 5.82 Å². The number of halogens is 2. The zero-order chi connectivity index (χ0) is 17.7. The minimum Gasteiger partial charge on any atom is -0.338 e. The highest BCUT2D eigenvalue weighted by atomic mass is 35.5. The average molecular weight is 347 g/mol. The van der Waals surface area contributed by atoms with Gasteiger partial charge < -0.3 is 5.32 Å². The highest BCUT2D eigenvalue weighted by Crippen LogP contribution is 2.26. The molecular formula is C18H20ClFN4. The van der Waals surface area contributed by atoms with Crippen molar-refractivity contribution in [3.63, 3.8) is 0 Å². The van der Waals surface area contributed by atoms with E-state index in [1.54, 1.807) is 25.2 Å². The number of nitrogens with zero attached hydrogens (tertiary/aromatic N) is 3. The third-order valence-electron chi connectivity index (χ3n) is 3.52. The van der Waals surface area contributed by atoms with E-state index in [1.807, 2.05) is 13.8 Å². The summed E-state index contributed by atoms with van der Waals surface area (Å²) in [6, 6.07) is 6.53. The summed E-state index contributed by atoms with van der Waals surface area (Å²) in [7, 11) is 1.69. The maximum Gasteiger partial charge on any atom is 0.146 e. The molecule has 4 nitrogen and oxygen atoms in total. The molecule has 2 rings (SSSR count). The molecule has 0 spiro atoms. The van der Waals surface area contributed by atoms with Gasteiger partial charge in [-0.05, 0) is 30.9 Å². The van der Waals surface area contributed by atoms with E-state index in [0.717, 1.165) is 12.1 Å². The van der Waals surface area contributed by atoms with E-state index in [1.165, 1.54) is 6.07 Å². The van der Waals surface area contributed by atoms with Crippen LogP contribution in [0, 0.1) is 5.82 Å². The summed E-state index contributed by atoms with van der Waals surface area (Å²) < 4.78 is 13.9. The highest BCUT2D eigenvalue weighted by Gasteiger charge is 2.13. The molecule has 0 saturated carbocycles. The van der Waals surface area contributed by atoms with Crippen molar-refractivity contribution in [3.05, 3.63) is 47.5 Å². The zero-order valence-corrected chi connectivity index (χ0v) is 14.8. The number of pyridine rings is 1. The Labute approximate surface area is 146 Å². The van der Waals surface area contributed by atoms with Crippen molar-refractivity contribution in [2.75, 3.05) is 13.6 Å². The van der Waals surface area contributed by atoms with Gasteiger partial charge in [0.1, 0.15) is 16.8 Å². The van der Waals surface area contributed by atoms with E-state index >= 15 is 0 Å². The summed E-state index contributed by atoms with van der Waals surface area (Å²) in [5.74, 6) is 0.246. The Morgan fingerprint density at radius 3 is 2.75 bits per heavy atom. The van der Waals surface area contributed by atoms with Crippen molar-refractivity contribution in [3.8, 4) is 0 Å². The van der Waals surface area contributed by atoms with Gasteiger partial charge in [0.2, 0.25) is 0 Å². The van der Waals surface area contributed by atoms with Gasteiger partial charge in [0.25, 0.3) is 0 Å². The normalized spacial score (nSPS) is 12.5. The van der Waals surface area contributed by atoms with Gasteiger partial charge >= 0.3 is 0 Å². The standard InChI is InChI=1S/C18H20ClFN4/c1-5-14(22-6-2)18(21-4)23-11(3)15-10-12-8-7-9-13(20)16(12)17(19)24-15/h7-10H,3,5-6H2,1-2,4H3,(H,21,23). The fourth-order valence-corrected chi connectivity index (χ4v) is 2.67. The summed E-state index contributed by atoms with van der Waals surface area (Å²) in [5.41, 5.74) is 1.92. The quantitative estimate of drug-likeness (QED) is 0.492. The van der Waals surface area contributed by atoms with Crippen molar-refractivity contribution in [2.45, 2.75) is 20.3 Å². The third kappa shape index (κ3) is 3.79. The van der Waals surface area contributed by atoms with E-state index in [0.29, 0.717) is 34.5 Å². The maximum atomic E-state index is 13.9. The van der Waals surface area contributed by atoms with Crippen LogP contribution in [0.25, 0.3) is 16.5 Å². The number of benzene rings is 1. The molecule has 0 radical (unpaired) electrons. The molecule has 0 unspecified atom stereocenters. The number of hydrogen-bond donors (Lipinski definition) is 1. The van der Waals surface area contributed by atoms with Crippen molar-refractivity contribution in [1.82, 2.24) is 10.3 Å². The second kappa shape index (κ2) is 8.02. The molecule has 6 heteroatoms. The molecule has 2 aromatic rings. The van der Waals surface area contributed by atoms with Crippen LogP contribution < -0.4 is 5.32 Å². The van der Waals surface area contributed by atoms with Crippen molar-refractivity contribution in [2.24, 2.45) is 9.98 Å². The first-order valence-electron chi connectivity index (χ1n) is 7.73. The topological polar surface area (TPSA) is 49.6 Å². The molecule has 1 N–H and O–H groups in total. The summed E-state index contributed by atoms with van der Waals surface area (Å²) in [4.78, 5) is 12.9. The Bertz CT molecular complexity index is 827. The summed E-state index contributed by atoms with van der Waals surface area (Å²) >= 11 is 6.15. The van der Waals surface area contributed by atoms with Crippen LogP contribution in [-0.2, 0) is 0 Å². The summed E-state index contributed by atoms with van der Waals surface area (Å²) in [6.07, 6.45) is 0.748. The smallest absolute Gasteiger partial charge is 0.146 e. The average Bonchev–Trinajstić information content (AvgIpc) is 2.57. The SMILES string of the molecule is C=C(NC(=NC)C(CC)=NCC)c1cc2cccc(F)c2c(Cl)n1. The first kappa shape index (κ1) is 18.1. The second-order valence-corrected chi connectivity index (χ2v) is 5.44. The van der Waals surface area contributed by atoms with E-state index in [9.17, 15) is 4.39 Å². The van der Waals surface area contributed by atoms with Crippen LogP contribution in [-0.4, -0.2) is 30.1 Å². The van der Waals surface area contributed by atoms with Crippen LogP contribution in [0.5, 0.6) is 0 Å². The zero-order valence-electron chi connectivity index (χ0n) is 14.0. The fraction of sp³-hybridized carbons (Fsp3) is 0.278. The predicted octanol–water partition coefficient (Wildman–Crippen LogP) is 4.49.